The highest BCUT2D eigenvalue weighted by Gasteiger charge is 2.30. The summed E-state index contributed by atoms with van der Waals surface area (Å²) in [5, 5.41) is 4.22. The molecule has 1 unspecified atom stereocenters. The van der Waals surface area contributed by atoms with Gasteiger partial charge in [-0.15, -0.1) is 11.3 Å². The Kier molecular flexibility index (Phi) is 2.75. The number of rotatable bonds is 1. The molecule has 0 aromatic carbocycles. The van der Waals surface area contributed by atoms with Gasteiger partial charge in [0, 0.05) is 11.9 Å². The molecule has 0 aliphatic heterocycles. The quantitative estimate of drug-likeness (QED) is 0.791. The van der Waals surface area contributed by atoms with Crippen LogP contribution in [0.3, 0.4) is 0 Å². The van der Waals surface area contributed by atoms with Gasteiger partial charge in [0.2, 0.25) is 0 Å². The lowest BCUT2D eigenvalue weighted by Gasteiger charge is -2.33. The van der Waals surface area contributed by atoms with Crippen molar-refractivity contribution in [2.45, 2.75) is 40.0 Å². The maximum atomic E-state index is 4.59. The van der Waals surface area contributed by atoms with Crippen LogP contribution in [0.5, 0.6) is 0 Å². The number of hydrogen-bond acceptors (Lipinski definition) is 3. The second-order valence-corrected chi connectivity index (χ2v) is 6.53. The minimum absolute atomic E-state index is 0.432. The summed E-state index contributed by atoms with van der Waals surface area (Å²) in [5.41, 5.74) is 1.77. The molecule has 0 bridgehead atoms. The summed E-state index contributed by atoms with van der Waals surface area (Å²) < 4.78 is 0. The number of aromatic nitrogens is 1. The number of thiazole rings is 1. The summed E-state index contributed by atoms with van der Waals surface area (Å²) in [6.45, 7) is 7.05. The van der Waals surface area contributed by atoms with E-state index in [0.29, 0.717) is 5.41 Å². The summed E-state index contributed by atoms with van der Waals surface area (Å²) in [4.78, 5) is 6.10. The second kappa shape index (κ2) is 3.78. The normalized spacial score (nSPS) is 21.2. The Morgan fingerprint density at radius 1 is 1.40 bits per heavy atom. The third-order valence-corrected chi connectivity index (χ3v) is 4.52. The van der Waals surface area contributed by atoms with Gasteiger partial charge in [-0.25, -0.2) is 4.98 Å². The summed E-state index contributed by atoms with van der Waals surface area (Å²) in [7, 11) is 1.95. The Morgan fingerprint density at radius 2 is 2.13 bits per heavy atom. The zero-order valence-electron chi connectivity index (χ0n) is 10.1. The molecule has 1 heterocycles. The highest BCUT2D eigenvalue weighted by atomic mass is 32.1. The molecular formula is C12H20N2S. The van der Waals surface area contributed by atoms with Gasteiger partial charge in [-0.05, 0) is 30.6 Å². The van der Waals surface area contributed by atoms with E-state index in [9.17, 15) is 0 Å². The van der Waals surface area contributed by atoms with E-state index in [1.165, 1.54) is 23.4 Å². The van der Waals surface area contributed by atoms with Gasteiger partial charge >= 0.3 is 0 Å². The van der Waals surface area contributed by atoms with Crippen LogP contribution in [-0.2, 0) is 12.8 Å². The molecule has 84 valence electrons. The van der Waals surface area contributed by atoms with Gasteiger partial charge in [-0.3, -0.25) is 0 Å². The van der Waals surface area contributed by atoms with Crippen LogP contribution in [0.15, 0.2) is 0 Å². The first-order valence-corrected chi connectivity index (χ1v) is 6.48. The van der Waals surface area contributed by atoms with Crippen molar-refractivity contribution in [3.8, 4) is 0 Å². The van der Waals surface area contributed by atoms with E-state index in [0.717, 1.165) is 17.5 Å². The molecule has 1 aromatic rings. The summed E-state index contributed by atoms with van der Waals surface area (Å²) in [5.74, 6) is 0.815. The maximum Gasteiger partial charge on any atom is 0.182 e. The van der Waals surface area contributed by atoms with Gasteiger partial charge in [-0.2, -0.15) is 0 Å². The average Bonchev–Trinajstić information content (AvgIpc) is 2.57. The molecule has 1 atom stereocenters. The fourth-order valence-electron chi connectivity index (χ4n) is 2.22. The molecule has 15 heavy (non-hydrogen) atoms. The number of anilines is 1. The van der Waals surface area contributed by atoms with E-state index in [-0.39, 0.29) is 0 Å². The molecule has 0 fully saturated rings. The van der Waals surface area contributed by atoms with Crippen molar-refractivity contribution in [1.29, 1.82) is 0 Å². The van der Waals surface area contributed by atoms with Crippen LogP contribution in [0.25, 0.3) is 0 Å². The van der Waals surface area contributed by atoms with E-state index in [4.69, 9.17) is 0 Å². The van der Waals surface area contributed by atoms with Crippen molar-refractivity contribution in [3.05, 3.63) is 10.6 Å². The van der Waals surface area contributed by atoms with Crippen LogP contribution in [0.4, 0.5) is 5.13 Å². The van der Waals surface area contributed by atoms with Gasteiger partial charge in [-0.1, -0.05) is 20.8 Å². The highest BCUT2D eigenvalue weighted by molar-refractivity contribution is 7.15. The fourth-order valence-corrected chi connectivity index (χ4v) is 3.26. The first-order chi connectivity index (χ1) is 7.00. The minimum atomic E-state index is 0.432. The first-order valence-electron chi connectivity index (χ1n) is 5.67. The van der Waals surface area contributed by atoms with E-state index in [1.807, 2.05) is 18.4 Å². The SMILES string of the molecule is CNc1nc2c(s1)CC(C(C)(C)C)CC2. The molecule has 3 heteroatoms. The lowest BCUT2D eigenvalue weighted by atomic mass is 9.73. The van der Waals surface area contributed by atoms with E-state index < -0.39 is 0 Å². The summed E-state index contributed by atoms with van der Waals surface area (Å²) in [6, 6.07) is 0. The van der Waals surface area contributed by atoms with Crippen molar-refractivity contribution in [2.75, 3.05) is 12.4 Å². The summed E-state index contributed by atoms with van der Waals surface area (Å²) in [6.07, 6.45) is 3.68. The Hall–Kier alpha value is -0.570. The van der Waals surface area contributed by atoms with Crippen LogP contribution < -0.4 is 5.32 Å². The minimum Gasteiger partial charge on any atom is -0.365 e. The Bertz CT molecular complexity index is 349. The van der Waals surface area contributed by atoms with E-state index >= 15 is 0 Å². The topological polar surface area (TPSA) is 24.9 Å². The molecule has 0 radical (unpaired) electrons. The fraction of sp³-hybridized carbons (Fsp3) is 0.750. The number of nitrogens with zero attached hydrogens (tertiary/aromatic N) is 1. The molecule has 1 aromatic heterocycles. The Morgan fingerprint density at radius 3 is 2.73 bits per heavy atom. The standard InChI is InChI=1S/C12H20N2S/c1-12(2,3)8-5-6-9-10(7-8)15-11(13-4)14-9/h8H,5-7H2,1-4H3,(H,13,14). The zero-order valence-corrected chi connectivity index (χ0v) is 10.9. The third-order valence-electron chi connectivity index (χ3n) is 3.38. The molecule has 2 nitrogen and oxygen atoms in total. The number of fused-ring (bicyclic) bond motifs is 1. The first kappa shape index (κ1) is 10.9. The monoisotopic (exact) mass is 224 g/mol. The van der Waals surface area contributed by atoms with Gasteiger partial charge in [0.1, 0.15) is 0 Å². The van der Waals surface area contributed by atoms with E-state index in [2.05, 4.69) is 31.1 Å². The van der Waals surface area contributed by atoms with Crippen molar-refractivity contribution in [1.82, 2.24) is 4.98 Å². The number of hydrogen-bond donors (Lipinski definition) is 1. The van der Waals surface area contributed by atoms with Crippen LogP contribution >= 0.6 is 11.3 Å². The molecule has 0 saturated heterocycles. The Balaban J connectivity index is 2.19. The van der Waals surface area contributed by atoms with Crippen LogP contribution in [0.1, 0.15) is 37.8 Å². The van der Waals surface area contributed by atoms with Gasteiger partial charge in [0.15, 0.2) is 5.13 Å². The van der Waals surface area contributed by atoms with Crippen LogP contribution in [-0.4, -0.2) is 12.0 Å². The van der Waals surface area contributed by atoms with E-state index in [1.54, 1.807) is 0 Å². The van der Waals surface area contributed by atoms with Crippen LogP contribution in [0, 0.1) is 11.3 Å². The molecule has 1 N–H and O–H groups in total. The lowest BCUT2D eigenvalue weighted by Crippen LogP contribution is -2.26. The number of nitrogens with one attached hydrogen (secondary N) is 1. The molecule has 0 spiro atoms. The molecular weight excluding hydrogens is 204 g/mol. The number of aryl methyl sites for hydroxylation is 1. The molecule has 2 rings (SSSR count). The van der Waals surface area contributed by atoms with Crippen molar-refractivity contribution in [3.63, 3.8) is 0 Å². The van der Waals surface area contributed by atoms with Gasteiger partial charge < -0.3 is 5.32 Å². The van der Waals surface area contributed by atoms with Crippen molar-refractivity contribution in [2.24, 2.45) is 11.3 Å². The summed E-state index contributed by atoms with van der Waals surface area (Å²) >= 11 is 1.83. The largest absolute Gasteiger partial charge is 0.365 e. The second-order valence-electron chi connectivity index (χ2n) is 5.44. The predicted molar refractivity (Wildman–Crippen MR) is 66.6 cm³/mol. The molecule has 1 aliphatic rings. The highest BCUT2D eigenvalue weighted by Crippen LogP contribution is 2.39. The smallest absolute Gasteiger partial charge is 0.182 e. The zero-order chi connectivity index (χ0) is 11.1. The molecule has 1 aliphatic carbocycles. The van der Waals surface area contributed by atoms with Crippen LogP contribution in [0.2, 0.25) is 0 Å². The van der Waals surface area contributed by atoms with Crippen molar-refractivity contribution >= 4 is 16.5 Å². The maximum absolute atomic E-state index is 4.59. The average molecular weight is 224 g/mol. The van der Waals surface area contributed by atoms with Gasteiger partial charge in [0.05, 0.1) is 5.69 Å². The van der Waals surface area contributed by atoms with Crippen molar-refractivity contribution < 1.29 is 0 Å². The van der Waals surface area contributed by atoms with Gasteiger partial charge in [0.25, 0.3) is 0 Å². The molecule has 0 amide bonds. The lowest BCUT2D eigenvalue weighted by molar-refractivity contribution is 0.217. The third kappa shape index (κ3) is 2.17. The molecule has 0 saturated carbocycles. The predicted octanol–water partition coefficient (Wildman–Crippen LogP) is 3.34. The Labute approximate surface area is 96.1 Å².